The van der Waals surface area contributed by atoms with Gasteiger partial charge in [-0.2, -0.15) is 4.99 Å². The summed E-state index contributed by atoms with van der Waals surface area (Å²) in [5.41, 5.74) is 2.19. The minimum atomic E-state index is -0.571. The van der Waals surface area contributed by atoms with Crippen molar-refractivity contribution in [2.24, 2.45) is 4.99 Å². The predicted octanol–water partition coefficient (Wildman–Crippen LogP) is 2.87. The molecule has 0 spiro atoms. The van der Waals surface area contributed by atoms with Gasteiger partial charge in [-0.25, -0.2) is 4.79 Å². The number of aryl methyl sites for hydroxylation is 1. The maximum Gasteiger partial charge on any atom is 0.235 e. The SMILES string of the molecule is Cc1cc(CN(C)C)c(O)c(C2(N=C=O)CCCC2)c1. The van der Waals surface area contributed by atoms with Crippen LogP contribution in [0.4, 0.5) is 0 Å². The van der Waals surface area contributed by atoms with Crippen LogP contribution in [0.3, 0.4) is 0 Å². The molecule has 1 aliphatic carbocycles. The van der Waals surface area contributed by atoms with Crippen molar-refractivity contribution in [2.45, 2.75) is 44.7 Å². The number of phenols is 1. The van der Waals surface area contributed by atoms with E-state index in [9.17, 15) is 9.90 Å². The molecule has 1 aromatic carbocycles. The molecule has 0 radical (unpaired) electrons. The molecule has 0 atom stereocenters. The molecule has 0 saturated heterocycles. The monoisotopic (exact) mass is 274 g/mol. The number of carbonyl (C=O) groups excluding carboxylic acids is 1. The maximum atomic E-state index is 10.8. The quantitative estimate of drug-likeness (QED) is 0.678. The summed E-state index contributed by atoms with van der Waals surface area (Å²) in [7, 11) is 3.94. The van der Waals surface area contributed by atoms with Crippen LogP contribution in [0.2, 0.25) is 0 Å². The second kappa shape index (κ2) is 5.78. The van der Waals surface area contributed by atoms with E-state index in [2.05, 4.69) is 4.99 Å². The van der Waals surface area contributed by atoms with Crippen LogP contribution in [0.25, 0.3) is 0 Å². The Morgan fingerprint density at radius 3 is 2.55 bits per heavy atom. The first-order chi connectivity index (χ1) is 9.48. The predicted molar refractivity (Wildman–Crippen MR) is 78.5 cm³/mol. The third-order valence-corrected chi connectivity index (χ3v) is 4.01. The topological polar surface area (TPSA) is 52.9 Å². The maximum absolute atomic E-state index is 10.8. The molecule has 0 unspecified atom stereocenters. The Kier molecular flexibility index (Phi) is 4.26. The van der Waals surface area contributed by atoms with Gasteiger partial charge in [0, 0.05) is 17.7 Å². The standard InChI is InChI=1S/C16H22N2O2/c1-12-8-13(10-18(2)3)15(20)14(9-12)16(17-11-19)6-4-5-7-16/h8-9,20H,4-7,10H2,1-3H3. The minimum absolute atomic E-state index is 0.283. The molecule has 1 N–H and O–H groups in total. The fraction of sp³-hybridized carbons (Fsp3) is 0.562. The summed E-state index contributed by atoms with van der Waals surface area (Å²) in [5, 5.41) is 10.6. The Bertz CT molecular complexity index is 540. The lowest BCUT2D eigenvalue weighted by molar-refractivity contribution is 0.371. The number of aromatic hydroxyl groups is 1. The van der Waals surface area contributed by atoms with Gasteiger partial charge in [0.15, 0.2) is 0 Å². The van der Waals surface area contributed by atoms with E-state index in [0.29, 0.717) is 6.54 Å². The zero-order valence-electron chi connectivity index (χ0n) is 12.4. The number of aliphatic imine (C=N–C) groups is 1. The second-order valence-corrected chi connectivity index (χ2v) is 6.00. The van der Waals surface area contributed by atoms with Crippen molar-refractivity contribution < 1.29 is 9.90 Å². The molecule has 0 bridgehead atoms. The third kappa shape index (κ3) is 2.77. The summed E-state index contributed by atoms with van der Waals surface area (Å²) in [6.45, 7) is 2.68. The molecule has 0 aliphatic heterocycles. The van der Waals surface area contributed by atoms with Crippen molar-refractivity contribution in [3.8, 4) is 5.75 Å². The van der Waals surface area contributed by atoms with Crippen LogP contribution < -0.4 is 0 Å². The summed E-state index contributed by atoms with van der Waals surface area (Å²) >= 11 is 0. The average molecular weight is 274 g/mol. The Morgan fingerprint density at radius 2 is 2.00 bits per heavy atom. The van der Waals surface area contributed by atoms with Crippen LogP contribution in [0.1, 0.15) is 42.4 Å². The van der Waals surface area contributed by atoms with Crippen molar-refractivity contribution in [3.63, 3.8) is 0 Å². The van der Waals surface area contributed by atoms with E-state index in [4.69, 9.17) is 0 Å². The fourth-order valence-corrected chi connectivity index (χ4v) is 3.16. The Balaban J connectivity index is 2.55. The summed E-state index contributed by atoms with van der Waals surface area (Å²) in [5.74, 6) is 0.283. The van der Waals surface area contributed by atoms with E-state index in [1.54, 1.807) is 6.08 Å². The lowest BCUT2D eigenvalue weighted by atomic mass is 9.85. The lowest BCUT2D eigenvalue weighted by Crippen LogP contribution is -2.20. The first-order valence-corrected chi connectivity index (χ1v) is 7.05. The molecule has 2 rings (SSSR count). The average Bonchev–Trinajstić information content (AvgIpc) is 2.83. The van der Waals surface area contributed by atoms with E-state index < -0.39 is 5.54 Å². The second-order valence-electron chi connectivity index (χ2n) is 6.00. The summed E-state index contributed by atoms with van der Waals surface area (Å²) in [4.78, 5) is 16.9. The number of hydrogen-bond acceptors (Lipinski definition) is 4. The molecular weight excluding hydrogens is 252 g/mol. The molecule has 20 heavy (non-hydrogen) atoms. The number of nitrogens with zero attached hydrogens (tertiary/aromatic N) is 2. The molecule has 1 aliphatic rings. The van der Waals surface area contributed by atoms with E-state index in [-0.39, 0.29) is 5.75 Å². The first kappa shape index (κ1) is 14.8. The largest absolute Gasteiger partial charge is 0.507 e. The van der Waals surface area contributed by atoms with Gasteiger partial charge in [0.1, 0.15) is 11.3 Å². The Hall–Kier alpha value is -1.64. The number of hydrogen-bond donors (Lipinski definition) is 1. The van der Waals surface area contributed by atoms with E-state index >= 15 is 0 Å². The van der Waals surface area contributed by atoms with Crippen molar-refractivity contribution in [1.29, 1.82) is 0 Å². The third-order valence-electron chi connectivity index (χ3n) is 4.01. The molecule has 0 amide bonds. The van der Waals surface area contributed by atoms with Gasteiger partial charge in [0.2, 0.25) is 6.08 Å². The molecule has 1 fully saturated rings. The number of phenolic OH excluding ortho intramolecular Hbond substituents is 1. The fourth-order valence-electron chi connectivity index (χ4n) is 3.16. The van der Waals surface area contributed by atoms with Crippen molar-refractivity contribution in [3.05, 3.63) is 28.8 Å². The van der Waals surface area contributed by atoms with Crippen molar-refractivity contribution >= 4 is 6.08 Å². The first-order valence-electron chi connectivity index (χ1n) is 7.05. The summed E-state index contributed by atoms with van der Waals surface area (Å²) in [6.07, 6.45) is 5.38. The van der Waals surface area contributed by atoms with E-state index in [1.165, 1.54) is 0 Å². The van der Waals surface area contributed by atoms with Crippen molar-refractivity contribution in [2.75, 3.05) is 14.1 Å². The molecule has 0 aromatic heterocycles. The normalized spacial score (nSPS) is 17.2. The highest BCUT2D eigenvalue weighted by atomic mass is 16.3. The van der Waals surface area contributed by atoms with Gasteiger partial charge in [-0.1, -0.05) is 24.5 Å². The van der Waals surface area contributed by atoms with Gasteiger partial charge in [0.25, 0.3) is 0 Å². The zero-order chi connectivity index (χ0) is 14.8. The Labute approximate surface area is 120 Å². The van der Waals surface area contributed by atoms with Crippen LogP contribution in [0.15, 0.2) is 17.1 Å². The summed E-state index contributed by atoms with van der Waals surface area (Å²) in [6, 6.07) is 3.95. The number of rotatable bonds is 4. The van der Waals surface area contributed by atoms with Crippen LogP contribution in [-0.4, -0.2) is 30.2 Å². The molecule has 1 saturated carbocycles. The smallest absolute Gasteiger partial charge is 0.235 e. The van der Waals surface area contributed by atoms with Gasteiger partial charge in [-0.05, 0) is 39.9 Å². The summed E-state index contributed by atoms with van der Waals surface area (Å²) < 4.78 is 0. The minimum Gasteiger partial charge on any atom is -0.507 e. The van der Waals surface area contributed by atoms with Crippen molar-refractivity contribution in [1.82, 2.24) is 4.90 Å². The highest BCUT2D eigenvalue weighted by molar-refractivity contribution is 5.50. The number of isocyanates is 1. The molecule has 1 aromatic rings. The molecule has 4 nitrogen and oxygen atoms in total. The van der Waals surface area contributed by atoms with Crippen LogP contribution in [-0.2, 0) is 16.9 Å². The van der Waals surface area contributed by atoms with Gasteiger partial charge in [-0.3, -0.25) is 0 Å². The van der Waals surface area contributed by atoms with E-state index in [1.807, 2.05) is 38.1 Å². The Morgan fingerprint density at radius 1 is 1.35 bits per heavy atom. The zero-order valence-corrected chi connectivity index (χ0v) is 12.4. The van der Waals surface area contributed by atoms with Gasteiger partial charge < -0.3 is 10.0 Å². The molecular formula is C16H22N2O2. The molecule has 0 heterocycles. The highest BCUT2D eigenvalue weighted by Crippen LogP contribution is 2.46. The molecule has 108 valence electrons. The van der Waals surface area contributed by atoms with Gasteiger partial charge in [0.05, 0.1) is 0 Å². The van der Waals surface area contributed by atoms with E-state index in [0.717, 1.165) is 42.4 Å². The van der Waals surface area contributed by atoms with Crippen LogP contribution in [0, 0.1) is 6.92 Å². The highest BCUT2D eigenvalue weighted by Gasteiger charge is 2.38. The van der Waals surface area contributed by atoms with Gasteiger partial charge in [-0.15, -0.1) is 0 Å². The van der Waals surface area contributed by atoms with Gasteiger partial charge >= 0.3 is 0 Å². The number of benzene rings is 1. The van der Waals surface area contributed by atoms with Crippen LogP contribution >= 0.6 is 0 Å². The lowest BCUT2D eigenvalue weighted by Gasteiger charge is -2.26. The van der Waals surface area contributed by atoms with Crippen LogP contribution in [0.5, 0.6) is 5.75 Å². The molecule has 4 heteroatoms.